The molecular formula is C12H19N5O2. The van der Waals surface area contributed by atoms with Crippen LogP contribution in [0.5, 0.6) is 0 Å². The summed E-state index contributed by atoms with van der Waals surface area (Å²) >= 11 is 0. The highest BCUT2D eigenvalue weighted by atomic mass is 16.3. The Bertz CT molecular complexity index is 532. The summed E-state index contributed by atoms with van der Waals surface area (Å²) in [5.74, 6) is 0.608. The molecule has 0 spiro atoms. The fourth-order valence-electron chi connectivity index (χ4n) is 2.04. The highest BCUT2D eigenvalue weighted by Gasteiger charge is 2.20. The summed E-state index contributed by atoms with van der Waals surface area (Å²) in [5.41, 5.74) is 13.8. The van der Waals surface area contributed by atoms with Crippen molar-refractivity contribution in [3.63, 3.8) is 0 Å². The summed E-state index contributed by atoms with van der Waals surface area (Å²) in [6.07, 6.45) is 3.99. The maximum Gasteiger partial charge on any atom is 0.145 e. The molecule has 7 heteroatoms. The number of allylic oxidation sites excluding steroid dienone is 1. The summed E-state index contributed by atoms with van der Waals surface area (Å²) < 4.78 is 1.50. The van der Waals surface area contributed by atoms with Gasteiger partial charge in [0.05, 0.1) is 36.8 Å². The van der Waals surface area contributed by atoms with Crippen molar-refractivity contribution < 1.29 is 10.2 Å². The van der Waals surface area contributed by atoms with Crippen LogP contribution in [0.3, 0.4) is 0 Å². The van der Waals surface area contributed by atoms with E-state index in [1.807, 2.05) is 13.0 Å². The Hall–Kier alpha value is -2.15. The molecule has 1 atom stereocenters. The molecule has 1 unspecified atom stereocenters. The van der Waals surface area contributed by atoms with Crippen LogP contribution in [0.2, 0.25) is 0 Å². The number of rotatable bonds is 4. The van der Waals surface area contributed by atoms with Gasteiger partial charge in [-0.15, -0.1) is 0 Å². The number of nitrogens with two attached hydrogens (primary N) is 2. The molecule has 1 aliphatic carbocycles. The van der Waals surface area contributed by atoms with E-state index in [1.54, 1.807) is 6.20 Å². The molecule has 0 fully saturated rings. The van der Waals surface area contributed by atoms with Crippen molar-refractivity contribution in [1.82, 2.24) is 9.78 Å². The fraction of sp³-hybridized carbons (Fsp3) is 0.417. The number of aliphatic hydroxyl groups excluding tert-OH is 2. The average Bonchev–Trinajstić information content (AvgIpc) is 2.69. The molecule has 0 aromatic carbocycles. The second-order valence-corrected chi connectivity index (χ2v) is 4.60. The van der Waals surface area contributed by atoms with Crippen LogP contribution in [-0.4, -0.2) is 32.6 Å². The van der Waals surface area contributed by atoms with Crippen molar-refractivity contribution in [1.29, 1.82) is 0 Å². The van der Waals surface area contributed by atoms with E-state index in [-0.39, 0.29) is 18.4 Å². The van der Waals surface area contributed by atoms with Gasteiger partial charge in [-0.1, -0.05) is 11.6 Å². The van der Waals surface area contributed by atoms with E-state index in [4.69, 9.17) is 16.6 Å². The minimum Gasteiger partial charge on any atom is -0.510 e. The Labute approximate surface area is 111 Å². The predicted octanol–water partition coefficient (Wildman–Crippen LogP) is 0.316. The maximum atomic E-state index is 9.74. The lowest BCUT2D eigenvalue weighted by atomic mass is 9.99. The highest BCUT2D eigenvalue weighted by Crippen LogP contribution is 2.25. The third-order valence-corrected chi connectivity index (χ3v) is 3.07. The molecule has 104 valence electrons. The van der Waals surface area contributed by atoms with Crippen molar-refractivity contribution in [2.45, 2.75) is 25.9 Å². The van der Waals surface area contributed by atoms with Crippen molar-refractivity contribution in [3.8, 4) is 0 Å². The molecule has 1 aromatic heterocycles. The molecule has 2 rings (SSSR count). The molecule has 0 amide bonds. The summed E-state index contributed by atoms with van der Waals surface area (Å²) in [7, 11) is 0. The van der Waals surface area contributed by atoms with Crippen molar-refractivity contribution >= 4 is 11.5 Å². The van der Waals surface area contributed by atoms with Crippen LogP contribution in [0.15, 0.2) is 29.3 Å². The van der Waals surface area contributed by atoms with Gasteiger partial charge < -0.3 is 27.0 Å². The number of nitrogens with one attached hydrogen (secondary N) is 1. The quantitative estimate of drug-likeness (QED) is 0.500. The maximum absolute atomic E-state index is 9.74. The number of aromatic nitrogens is 2. The minimum atomic E-state index is -0.303. The molecule has 0 aliphatic heterocycles. The number of nitrogens with zero attached hydrogens (tertiary/aromatic N) is 2. The molecular weight excluding hydrogens is 246 g/mol. The van der Waals surface area contributed by atoms with E-state index in [0.717, 1.165) is 5.57 Å². The largest absolute Gasteiger partial charge is 0.510 e. The highest BCUT2D eigenvalue weighted by molar-refractivity contribution is 5.63. The second kappa shape index (κ2) is 5.23. The van der Waals surface area contributed by atoms with E-state index >= 15 is 0 Å². The first kappa shape index (κ1) is 13.3. The summed E-state index contributed by atoms with van der Waals surface area (Å²) in [5, 5.41) is 25.8. The second-order valence-electron chi connectivity index (χ2n) is 4.60. The molecule has 0 bridgehead atoms. The zero-order chi connectivity index (χ0) is 14.0. The van der Waals surface area contributed by atoms with E-state index in [2.05, 4.69) is 10.4 Å². The van der Waals surface area contributed by atoms with Gasteiger partial charge in [-0.25, -0.2) is 4.68 Å². The molecule has 1 aromatic rings. The van der Waals surface area contributed by atoms with Crippen molar-refractivity contribution in [3.05, 3.63) is 29.3 Å². The first-order valence-electron chi connectivity index (χ1n) is 6.06. The van der Waals surface area contributed by atoms with Crippen LogP contribution in [0.1, 0.15) is 13.3 Å². The number of nitrogen functional groups attached to an aromatic ring is 1. The Morgan fingerprint density at radius 2 is 2.26 bits per heavy atom. The van der Waals surface area contributed by atoms with Gasteiger partial charge in [0.15, 0.2) is 0 Å². The van der Waals surface area contributed by atoms with E-state index in [1.165, 1.54) is 4.68 Å². The van der Waals surface area contributed by atoms with Gasteiger partial charge in [-0.05, 0) is 6.92 Å². The lowest BCUT2D eigenvalue weighted by Gasteiger charge is -2.23. The zero-order valence-corrected chi connectivity index (χ0v) is 10.8. The first-order chi connectivity index (χ1) is 9.02. The molecule has 7 nitrogen and oxygen atoms in total. The van der Waals surface area contributed by atoms with Gasteiger partial charge in [0, 0.05) is 6.42 Å². The lowest BCUT2D eigenvalue weighted by molar-refractivity contribution is 0.270. The third kappa shape index (κ3) is 2.65. The van der Waals surface area contributed by atoms with Gasteiger partial charge in [0.25, 0.3) is 0 Å². The third-order valence-electron chi connectivity index (χ3n) is 3.07. The van der Waals surface area contributed by atoms with Crippen molar-refractivity contribution in [2.24, 2.45) is 5.73 Å². The Kier molecular flexibility index (Phi) is 3.66. The monoisotopic (exact) mass is 265 g/mol. The molecule has 0 saturated carbocycles. The van der Waals surface area contributed by atoms with Crippen LogP contribution >= 0.6 is 0 Å². The Morgan fingerprint density at radius 1 is 1.53 bits per heavy atom. The fourth-order valence-corrected chi connectivity index (χ4v) is 2.04. The summed E-state index contributed by atoms with van der Waals surface area (Å²) in [4.78, 5) is 0. The number of hydrogen-bond acceptors (Lipinski definition) is 6. The topological polar surface area (TPSA) is 122 Å². The Morgan fingerprint density at radius 3 is 2.95 bits per heavy atom. The molecule has 0 radical (unpaired) electrons. The SMILES string of the molecule is CC1=CC(Nc2cnn(CCO)c2N)C(N)=C(O)C1. The van der Waals surface area contributed by atoms with E-state index < -0.39 is 0 Å². The minimum absolute atomic E-state index is 0.0312. The van der Waals surface area contributed by atoms with Crippen LogP contribution in [0, 0.1) is 0 Å². The predicted molar refractivity (Wildman–Crippen MR) is 73.4 cm³/mol. The van der Waals surface area contributed by atoms with E-state index in [9.17, 15) is 5.11 Å². The normalized spacial score (nSPS) is 19.5. The van der Waals surface area contributed by atoms with E-state index in [0.29, 0.717) is 30.2 Å². The first-order valence-corrected chi connectivity index (χ1v) is 6.06. The summed E-state index contributed by atoms with van der Waals surface area (Å²) in [6, 6.07) is -0.303. The zero-order valence-electron chi connectivity index (χ0n) is 10.8. The van der Waals surface area contributed by atoms with Gasteiger partial charge in [0.2, 0.25) is 0 Å². The molecule has 1 aliphatic rings. The molecule has 0 saturated heterocycles. The number of aliphatic hydroxyl groups is 2. The van der Waals surface area contributed by atoms with Crippen LogP contribution in [-0.2, 0) is 6.54 Å². The van der Waals surface area contributed by atoms with Gasteiger partial charge in [-0.3, -0.25) is 0 Å². The molecule has 1 heterocycles. The average molecular weight is 265 g/mol. The Balaban J connectivity index is 2.19. The van der Waals surface area contributed by atoms with Crippen LogP contribution < -0.4 is 16.8 Å². The molecule has 7 N–H and O–H groups in total. The smallest absolute Gasteiger partial charge is 0.145 e. The lowest BCUT2D eigenvalue weighted by Crippen LogP contribution is -2.29. The summed E-state index contributed by atoms with van der Waals surface area (Å²) in [6.45, 7) is 2.23. The number of anilines is 2. The van der Waals surface area contributed by atoms with Gasteiger partial charge >= 0.3 is 0 Å². The van der Waals surface area contributed by atoms with Crippen LogP contribution in [0.25, 0.3) is 0 Å². The van der Waals surface area contributed by atoms with Gasteiger partial charge in [0.1, 0.15) is 11.6 Å². The van der Waals surface area contributed by atoms with Crippen LogP contribution in [0.4, 0.5) is 11.5 Å². The molecule has 19 heavy (non-hydrogen) atoms. The van der Waals surface area contributed by atoms with Gasteiger partial charge in [-0.2, -0.15) is 5.10 Å². The number of hydrogen-bond donors (Lipinski definition) is 5. The standard InChI is InChI=1S/C12H19N5O2/c1-7-4-8(11(13)10(19)5-7)16-9-6-15-17(2-3-18)12(9)14/h4,6,8,16,18-19H,2-3,5,13-14H2,1H3. The van der Waals surface area contributed by atoms with Crippen molar-refractivity contribution in [2.75, 3.05) is 17.7 Å².